The zero-order valence-electron chi connectivity index (χ0n) is 10.5. The molecule has 1 aromatic carbocycles. The average Bonchev–Trinajstić information content (AvgIpc) is 2.85. The van der Waals surface area contributed by atoms with Crippen LogP contribution < -0.4 is 0 Å². The summed E-state index contributed by atoms with van der Waals surface area (Å²) in [7, 11) is 0. The van der Waals surface area contributed by atoms with Crippen LogP contribution in [0.4, 0.5) is 0 Å². The number of rotatable bonds is 2. The maximum absolute atomic E-state index is 6.16. The van der Waals surface area contributed by atoms with Crippen LogP contribution in [0.1, 0.15) is 37.7 Å². The Labute approximate surface area is 119 Å². The lowest BCUT2D eigenvalue weighted by molar-refractivity contribution is 0.377. The molecule has 0 radical (unpaired) electrons. The number of fused-ring (bicyclic) bond motifs is 1. The third-order valence-corrected chi connectivity index (χ3v) is 5.15. The van der Waals surface area contributed by atoms with Gasteiger partial charge >= 0.3 is 0 Å². The molecule has 3 rings (SSSR count). The number of allylic oxidation sites excluding steroid dienone is 2. The summed E-state index contributed by atoms with van der Waals surface area (Å²) < 4.78 is 0. The normalized spacial score (nSPS) is 27.4. The van der Waals surface area contributed by atoms with Crippen LogP contribution in [0.15, 0.2) is 29.8 Å². The molecule has 1 fully saturated rings. The molecule has 0 aromatic heterocycles. The van der Waals surface area contributed by atoms with Gasteiger partial charge in [-0.2, -0.15) is 0 Å². The van der Waals surface area contributed by atoms with Gasteiger partial charge in [0.05, 0.1) is 0 Å². The summed E-state index contributed by atoms with van der Waals surface area (Å²) in [5, 5.41) is 0.807. The van der Waals surface area contributed by atoms with Crippen molar-refractivity contribution >= 4 is 28.8 Å². The third kappa shape index (κ3) is 2.33. The van der Waals surface area contributed by atoms with Crippen molar-refractivity contribution in [2.75, 3.05) is 5.88 Å². The van der Waals surface area contributed by atoms with Gasteiger partial charge in [-0.1, -0.05) is 35.7 Å². The summed E-state index contributed by atoms with van der Waals surface area (Å²) in [5.74, 6) is 2.47. The minimum absolute atomic E-state index is 0.682. The molecular weight excluding hydrogens is 263 g/mol. The highest BCUT2D eigenvalue weighted by atomic mass is 35.5. The van der Waals surface area contributed by atoms with E-state index in [1.807, 2.05) is 12.1 Å². The molecule has 0 nitrogen and oxygen atoms in total. The van der Waals surface area contributed by atoms with E-state index in [4.69, 9.17) is 23.2 Å². The molecule has 1 aromatic rings. The van der Waals surface area contributed by atoms with Crippen molar-refractivity contribution in [1.29, 1.82) is 0 Å². The van der Waals surface area contributed by atoms with Gasteiger partial charge in [0.2, 0.25) is 0 Å². The van der Waals surface area contributed by atoms with E-state index in [0.717, 1.165) is 16.9 Å². The molecule has 0 heterocycles. The van der Waals surface area contributed by atoms with E-state index in [2.05, 4.69) is 12.1 Å². The van der Waals surface area contributed by atoms with Crippen molar-refractivity contribution in [2.45, 2.75) is 32.1 Å². The molecule has 0 aliphatic heterocycles. The van der Waals surface area contributed by atoms with Crippen molar-refractivity contribution in [1.82, 2.24) is 0 Å². The van der Waals surface area contributed by atoms with Gasteiger partial charge in [-0.25, -0.2) is 0 Å². The zero-order valence-corrected chi connectivity index (χ0v) is 12.0. The van der Waals surface area contributed by atoms with Gasteiger partial charge in [-0.15, -0.1) is 11.6 Å². The molecule has 2 unspecified atom stereocenters. The van der Waals surface area contributed by atoms with Crippen LogP contribution in [-0.4, -0.2) is 5.88 Å². The minimum atomic E-state index is 0.682. The molecule has 0 bridgehead atoms. The summed E-state index contributed by atoms with van der Waals surface area (Å²) in [6.45, 7) is 0. The highest BCUT2D eigenvalue weighted by Crippen LogP contribution is 2.47. The third-order valence-electron chi connectivity index (χ3n) is 4.57. The summed E-state index contributed by atoms with van der Waals surface area (Å²) in [4.78, 5) is 0. The Bertz CT molecular complexity index is 458. The second kappa shape index (κ2) is 5.27. The Balaban J connectivity index is 1.94. The van der Waals surface area contributed by atoms with E-state index in [0.29, 0.717) is 5.88 Å². The Hall–Kier alpha value is -0.460. The molecule has 2 heteroatoms. The lowest BCUT2D eigenvalue weighted by Gasteiger charge is -2.30. The molecule has 18 heavy (non-hydrogen) atoms. The summed E-state index contributed by atoms with van der Waals surface area (Å²) in [6.07, 6.45) is 6.63. The highest BCUT2D eigenvalue weighted by molar-refractivity contribution is 6.30. The first kappa shape index (κ1) is 12.6. The summed E-state index contributed by atoms with van der Waals surface area (Å²) >= 11 is 12.1. The van der Waals surface area contributed by atoms with Crippen molar-refractivity contribution in [2.24, 2.45) is 11.8 Å². The van der Waals surface area contributed by atoms with E-state index in [9.17, 15) is 0 Å². The summed E-state index contributed by atoms with van der Waals surface area (Å²) in [5.41, 5.74) is 4.27. The second-order valence-corrected chi connectivity index (χ2v) is 6.29. The Morgan fingerprint density at radius 3 is 2.33 bits per heavy atom. The van der Waals surface area contributed by atoms with E-state index in [-0.39, 0.29) is 0 Å². The molecule has 0 N–H and O–H groups in total. The number of hydrogen-bond donors (Lipinski definition) is 0. The number of benzene rings is 1. The fourth-order valence-electron chi connectivity index (χ4n) is 3.61. The maximum Gasteiger partial charge on any atom is 0.0439 e. The van der Waals surface area contributed by atoms with E-state index in [1.54, 1.807) is 0 Å². The largest absolute Gasteiger partial charge is 0.122 e. The average molecular weight is 281 g/mol. The zero-order chi connectivity index (χ0) is 12.5. The number of alkyl halides is 1. The van der Waals surface area contributed by atoms with Crippen LogP contribution in [0.2, 0.25) is 5.02 Å². The first-order chi connectivity index (χ1) is 8.78. The highest BCUT2D eigenvalue weighted by Gasteiger charge is 2.33. The van der Waals surface area contributed by atoms with E-state index < -0.39 is 0 Å². The lowest BCUT2D eigenvalue weighted by Crippen LogP contribution is -2.17. The standard InChI is InChI=1S/C16H18Cl2/c17-10-14-8-12-2-1-3-13(12)9-16(14)11-4-6-15(18)7-5-11/h4-7,12-13H,1-3,8-10H2. The van der Waals surface area contributed by atoms with Gasteiger partial charge in [0.15, 0.2) is 0 Å². The van der Waals surface area contributed by atoms with Gasteiger partial charge in [0.1, 0.15) is 0 Å². The Kier molecular flexibility index (Phi) is 3.68. The SMILES string of the molecule is ClCC1=C(c2ccc(Cl)cc2)CC2CCCC2C1. The van der Waals surface area contributed by atoms with E-state index in [1.165, 1.54) is 48.8 Å². The fourth-order valence-corrected chi connectivity index (χ4v) is 4.00. The van der Waals surface area contributed by atoms with Gasteiger partial charge in [0.25, 0.3) is 0 Å². The van der Waals surface area contributed by atoms with Crippen LogP contribution in [0.3, 0.4) is 0 Å². The molecule has 0 saturated heterocycles. The van der Waals surface area contributed by atoms with Crippen molar-refractivity contribution < 1.29 is 0 Å². The van der Waals surface area contributed by atoms with Crippen LogP contribution >= 0.6 is 23.2 Å². The lowest BCUT2D eigenvalue weighted by atomic mass is 9.76. The number of halogens is 2. The summed E-state index contributed by atoms with van der Waals surface area (Å²) in [6, 6.07) is 8.24. The van der Waals surface area contributed by atoms with Gasteiger partial charge in [0, 0.05) is 10.9 Å². The molecule has 2 aliphatic rings. The quantitative estimate of drug-likeness (QED) is 0.624. The molecule has 1 saturated carbocycles. The molecule has 2 aliphatic carbocycles. The number of hydrogen-bond acceptors (Lipinski definition) is 0. The minimum Gasteiger partial charge on any atom is -0.122 e. The van der Waals surface area contributed by atoms with Gasteiger partial charge in [-0.05, 0) is 60.8 Å². The smallest absolute Gasteiger partial charge is 0.0439 e. The Morgan fingerprint density at radius 2 is 1.67 bits per heavy atom. The maximum atomic E-state index is 6.16. The molecule has 2 atom stereocenters. The Morgan fingerprint density at radius 1 is 1.00 bits per heavy atom. The molecule has 0 amide bonds. The first-order valence-electron chi connectivity index (χ1n) is 6.80. The van der Waals surface area contributed by atoms with E-state index >= 15 is 0 Å². The van der Waals surface area contributed by atoms with Gasteiger partial charge in [-0.3, -0.25) is 0 Å². The molecular formula is C16H18Cl2. The second-order valence-electron chi connectivity index (χ2n) is 5.58. The topological polar surface area (TPSA) is 0 Å². The van der Waals surface area contributed by atoms with Crippen LogP contribution in [-0.2, 0) is 0 Å². The van der Waals surface area contributed by atoms with Crippen LogP contribution in [0, 0.1) is 11.8 Å². The molecule has 96 valence electrons. The monoisotopic (exact) mass is 280 g/mol. The van der Waals surface area contributed by atoms with Crippen LogP contribution in [0.25, 0.3) is 5.57 Å². The fraction of sp³-hybridized carbons (Fsp3) is 0.500. The van der Waals surface area contributed by atoms with Crippen molar-refractivity contribution in [3.05, 3.63) is 40.4 Å². The van der Waals surface area contributed by atoms with Crippen LogP contribution in [0.5, 0.6) is 0 Å². The predicted octanol–water partition coefficient (Wildman–Crippen LogP) is 5.54. The predicted molar refractivity (Wildman–Crippen MR) is 79.2 cm³/mol. The first-order valence-corrected chi connectivity index (χ1v) is 7.72. The van der Waals surface area contributed by atoms with Crippen molar-refractivity contribution in [3.8, 4) is 0 Å². The molecule has 0 spiro atoms. The van der Waals surface area contributed by atoms with Crippen molar-refractivity contribution in [3.63, 3.8) is 0 Å². The van der Waals surface area contributed by atoms with Gasteiger partial charge < -0.3 is 0 Å².